The van der Waals surface area contributed by atoms with Crippen molar-refractivity contribution in [3.8, 4) is 11.5 Å². The fraction of sp³-hybridized carbons (Fsp3) is 0.357. The molecule has 0 aliphatic rings. The van der Waals surface area contributed by atoms with Crippen LogP contribution in [0.1, 0.15) is 12.0 Å². The number of benzene rings is 1. The number of carbonyl (C=O) groups is 1. The maximum atomic E-state index is 10.4. The molecule has 0 atom stereocenters. The predicted octanol–water partition coefficient (Wildman–Crippen LogP) is 2.59. The van der Waals surface area contributed by atoms with Crippen LogP contribution in [0.15, 0.2) is 29.3 Å². The van der Waals surface area contributed by atoms with Crippen molar-refractivity contribution in [3.05, 3.63) is 34.8 Å². The summed E-state index contributed by atoms with van der Waals surface area (Å²) in [7, 11) is 1.57. The van der Waals surface area contributed by atoms with Crippen molar-refractivity contribution in [2.75, 3.05) is 20.3 Å². The highest BCUT2D eigenvalue weighted by molar-refractivity contribution is 9.10. The van der Waals surface area contributed by atoms with E-state index < -0.39 is 5.97 Å². The summed E-state index contributed by atoms with van der Waals surface area (Å²) in [5.74, 6) is 0.433. The first-order chi connectivity index (χ1) is 9.58. The first-order valence-corrected chi connectivity index (χ1v) is 6.90. The number of methoxy groups -OCH3 is 1. The summed E-state index contributed by atoms with van der Waals surface area (Å²) < 4.78 is 11.6. The molecule has 1 aromatic carbocycles. The summed E-state index contributed by atoms with van der Waals surface area (Å²) >= 11 is 3.44. The Morgan fingerprint density at radius 2 is 2.30 bits per heavy atom. The molecule has 0 fully saturated rings. The molecule has 0 spiro atoms. The predicted molar refractivity (Wildman–Crippen MR) is 80.3 cm³/mol. The van der Waals surface area contributed by atoms with Crippen LogP contribution in [0.4, 0.5) is 0 Å². The molecule has 0 heterocycles. The van der Waals surface area contributed by atoms with Gasteiger partial charge in [-0.25, -0.2) is 0 Å². The van der Waals surface area contributed by atoms with Crippen molar-refractivity contribution in [3.63, 3.8) is 0 Å². The number of carboxylic acid groups (broad SMARTS) is 1. The van der Waals surface area contributed by atoms with Crippen LogP contribution in [0.5, 0.6) is 11.5 Å². The molecule has 0 aliphatic carbocycles. The molecule has 1 rings (SSSR count). The Kier molecular flexibility index (Phi) is 7.11. The van der Waals surface area contributed by atoms with Crippen LogP contribution in [-0.2, 0) is 11.3 Å². The van der Waals surface area contributed by atoms with Crippen molar-refractivity contribution in [1.29, 1.82) is 0 Å². The molecule has 0 bridgehead atoms. The van der Waals surface area contributed by atoms with Gasteiger partial charge in [-0.1, -0.05) is 12.7 Å². The molecule has 0 amide bonds. The SMILES string of the molecule is C=CCOc1c(Br)cc(CNCCC(=O)O)cc1OC. The smallest absolute Gasteiger partial charge is 0.304 e. The van der Waals surface area contributed by atoms with Gasteiger partial charge in [-0.15, -0.1) is 0 Å². The molecular formula is C14H18BrNO4. The van der Waals surface area contributed by atoms with E-state index in [4.69, 9.17) is 14.6 Å². The minimum atomic E-state index is -0.815. The Morgan fingerprint density at radius 1 is 1.55 bits per heavy atom. The fourth-order valence-electron chi connectivity index (χ4n) is 1.59. The van der Waals surface area contributed by atoms with E-state index in [1.807, 2.05) is 12.1 Å². The summed E-state index contributed by atoms with van der Waals surface area (Å²) in [6.07, 6.45) is 1.76. The van der Waals surface area contributed by atoms with Crippen molar-refractivity contribution < 1.29 is 19.4 Å². The average Bonchev–Trinajstić information content (AvgIpc) is 2.41. The van der Waals surface area contributed by atoms with Crippen LogP contribution >= 0.6 is 15.9 Å². The van der Waals surface area contributed by atoms with Crippen molar-refractivity contribution >= 4 is 21.9 Å². The van der Waals surface area contributed by atoms with Crippen LogP contribution < -0.4 is 14.8 Å². The highest BCUT2D eigenvalue weighted by atomic mass is 79.9. The molecular weight excluding hydrogens is 326 g/mol. The molecule has 0 unspecified atom stereocenters. The third-order valence-electron chi connectivity index (χ3n) is 2.48. The zero-order chi connectivity index (χ0) is 15.0. The normalized spacial score (nSPS) is 10.1. The van der Waals surface area contributed by atoms with Gasteiger partial charge in [0.15, 0.2) is 11.5 Å². The lowest BCUT2D eigenvalue weighted by atomic mass is 10.2. The minimum absolute atomic E-state index is 0.0961. The van der Waals surface area contributed by atoms with Gasteiger partial charge in [0.25, 0.3) is 0 Å². The number of hydrogen-bond acceptors (Lipinski definition) is 4. The summed E-state index contributed by atoms with van der Waals surface area (Å²) in [5, 5.41) is 11.6. The van der Waals surface area contributed by atoms with Crippen LogP contribution in [-0.4, -0.2) is 31.3 Å². The molecule has 2 N–H and O–H groups in total. The Balaban J connectivity index is 2.71. The average molecular weight is 344 g/mol. The molecule has 110 valence electrons. The number of carboxylic acids is 1. The molecule has 20 heavy (non-hydrogen) atoms. The molecule has 1 aromatic rings. The number of ether oxygens (including phenoxy) is 2. The number of halogens is 1. The highest BCUT2D eigenvalue weighted by Gasteiger charge is 2.11. The van der Waals surface area contributed by atoms with Crippen LogP contribution in [0.3, 0.4) is 0 Å². The van der Waals surface area contributed by atoms with Crippen LogP contribution in [0, 0.1) is 0 Å². The first-order valence-electron chi connectivity index (χ1n) is 6.11. The summed E-state index contributed by atoms with van der Waals surface area (Å²) in [6, 6.07) is 3.77. The summed E-state index contributed by atoms with van der Waals surface area (Å²) in [4.78, 5) is 10.4. The van der Waals surface area contributed by atoms with Gasteiger partial charge in [0.1, 0.15) is 6.61 Å². The zero-order valence-corrected chi connectivity index (χ0v) is 12.9. The van der Waals surface area contributed by atoms with Gasteiger partial charge in [0.2, 0.25) is 0 Å². The van der Waals surface area contributed by atoms with Gasteiger partial charge in [-0.2, -0.15) is 0 Å². The van der Waals surface area contributed by atoms with E-state index >= 15 is 0 Å². The highest BCUT2D eigenvalue weighted by Crippen LogP contribution is 2.36. The monoisotopic (exact) mass is 343 g/mol. The van der Waals surface area contributed by atoms with Crippen molar-refractivity contribution in [2.24, 2.45) is 0 Å². The second-order valence-corrected chi connectivity index (χ2v) is 4.88. The quantitative estimate of drug-likeness (QED) is 0.532. The van der Waals surface area contributed by atoms with Crippen LogP contribution in [0.25, 0.3) is 0 Å². The van der Waals surface area contributed by atoms with E-state index in [0.717, 1.165) is 10.0 Å². The summed E-state index contributed by atoms with van der Waals surface area (Å²) in [5.41, 5.74) is 0.977. The topological polar surface area (TPSA) is 67.8 Å². The van der Waals surface area contributed by atoms with Gasteiger partial charge in [-0.3, -0.25) is 4.79 Å². The second-order valence-electron chi connectivity index (χ2n) is 4.03. The summed E-state index contributed by atoms with van der Waals surface area (Å²) in [6.45, 7) is 4.98. The van der Waals surface area contributed by atoms with E-state index in [1.165, 1.54) is 0 Å². The van der Waals surface area contributed by atoms with Crippen LogP contribution in [0.2, 0.25) is 0 Å². The lowest BCUT2D eigenvalue weighted by Gasteiger charge is -2.13. The lowest BCUT2D eigenvalue weighted by Crippen LogP contribution is -2.17. The molecule has 6 heteroatoms. The van der Waals surface area contributed by atoms with Crippen molar-refractivity contribution in [1.82, 2.24) is 5.32 Å². The Bertz CT molecular complexity index is 476. The number of nitrogens with one attached hydrogen (secondary N) is 1. The van der Waals surface area contributed by atoms with Gasteiger partial charge >= 0.3 is 5.97 Å². The number of rotatable bonds is 9. The van der Waals surface area contributed by atoms with Gasteiger partial charge < -0.3 is 19.9 Å². The van der Waals surface area contributed by atoms with Crippen molar-refractivity contribution in [2.45, 2.75) is 13.0 Å². The maximum absolute atomic E-state index is 10.4. The maximum Gasteiger partial charge on any atom is 0.304 e. The third-order valence-corrected chi connectivity index (χ3v) is 3.07. The third kappa shape index (κ3) is 5.22. The Morgan fingerprint density at radius 3 is 2.90 bits per heavy atom. The molecule has 0 saturated heterocycles. The first kappa shape index (κ1) is 16.5. The molecule has 0 saturated carbocycles. The van der Waals surface area contributed by atoms with E-state index in [-0.39, 0.29) is 6.42 Å². The van der Waals surface area contributed by atoms with Gasteiger partial charge in [0.05, 0.1) is 18.0 Å². The van der Waals surface area contributed by atoms with Gasteiger partial charge in [0, 0.05) is 13.1 Å². The van der Waals surface area contributed by atoms with E-state index in [2.05, 4.69) is 27.8 Å². The largest absolute Gasteiger partial charge is 0.493 e. The van der Waals surface area contributed by atoms with E-state index in [0.29, 0.717) is 31.2 Å². The Hall–Kier alpha value is -1.53. The second kappa shape index (κ2) is 8.60. The number of aliphatic carboxylic acids is 1. The zero-order valence-electron chi connectivity index (χ0n) is 11.3. The lowest BCUT2D eigenvalue weighted by molar-refractivity contribution is -0.136. The molecule has 0 aromatic heterocycles. The Labute approximate surface area is 126 Å². The van der Waals surface area contributed by atoms with E-state index in [1.54, 1.807) is 13.2 Å². The molecule has 5 nitrogen and oxygen atoms in total. The standard InChI is InChI=1S/C14H18BrNO4/c1-3-6-20-14-11(15)7-10(8-12(14)19-2)9-16-5-4-13(17)18/h3,7-8,16H,1,4-6,9H2,2H3,(H,17,18). The number of hydrogen-bond donors (Lipinski definition) is 2. The minimum Gasteiger partial charge on any atom is -0.493 e. The van der Waals surface area contributed by atoms with Gasteiger partial charge in [-0.05, 0) is 33.6 Å². The fourth-order valence-corrected chi connectivity index (χ4v) is 2.19. The van der Waals surface area contributed by atoms with E-state index in [9.17, 15) is 4.79 Å². The molecule has 0 radical (unpaired) electrons. The molecule has 0 aliphatic heterocycles.